The van der Waals surface area contributed by atoms with E-state index >= 15 is 0 Å². The summed E-state index contributed by atoms with van der Waals surface area (Å²) in [4.78, 5) is 0. The predicted octanol–water partition coefficient (Wildman–Crippen LogP) is 2.83. The van der Waals surface area contributed by atoms with Crippen molar-refractivity contribution in [3.63, 3.8) is 0 Å². The summed E-state index contributed by atoms with van der Waals surface area (Å²) < 4.78 is 0. The van der Waals surface area contributed by atoms with E-state index in [0.717, 1.165) is 36.0 Å². The molecule has 1 nitrogen and oxygen atoms in total. The molecule has 0 heterocycles. The van der Waals surface area contributed by atoms with Crippen LogP contribution in [0.1, 0.15) is 33.1 Å². The smallest absolute Gasteiger partial charge is 0.0624 e. The summed E-state index contributed by atoms with van der Waals surface area (Å²) in [5.41, 5.74) is 0. The highest BCUT2D eigenvalue weighted by Gasteiger charge is 2.48. The molecule has 2 rings (SSSR count). The van der Waals surface area contributed by atoms with Crippen LogP contribution in [0.3, 0.4) is 0 Å². The third-order valence-electron chi connectivity index (χ3n) is 4.39. The number of rotatable bonds is 1. The molecule has 0 aromatic rings. The second-order valence-corrected chi connectivity index (χ2v) is 4.74. The summed E-state index contributed by atoms with van der Waals surface area (Å²) in [7, 11) is 0. The normalized spacial score (nSPS) is 50.9. The fourth-order valence-electron chi connectivity index (χ4n) is 3.45. The molecule has 0 N–H and O–H groups in total. The van der Waals surface area contributed by atoms with Gasteiger partial charge in [0.15, 0.2) is 0 Å². The largest absolute Gasteiger partial charge is 0.198 e. The van der Waals surface area contributed by atoms with Crippen molar-refractivity contribution in [1.29, 1.82) is 5.26 Å². The Balaban J connectivity index is 2.06. The number of fused-ring (bicyclic) bond motifs is 2. The Morgan fingerprint density at radius 3 is 2.50 bits per heavy atom. The van der Waals surface area contributed by atoms with E-state index < -0.39 is 0 Å². The van der Waals surface area contributed by atoms with Gasteiger partial charge in [-0.1, -0.05) is 13.8 Å². The van der Waals surface area contributed by atoms with Crippen LogP contribution < -0.4 is 0 Å². The van der Waals surface area contributed by atoms with Crippen LogP contribution in [-0.4, -0.2) is 0 Å². The molecule has 2 fully saturated rings. The number of nitriles is 1. The van der Waals surface area contributed by atoms with Crippen LogP contribution in [0.15, 0.2) is 0 Å². The van der Waals surface area contributed by atoms with Gasteiger partial charge in [0.05, 0.1) is 6.07 Å². The molecular formula is C11H17N. The molecule has 5 unspecified atom stereocenters. The Morgan fingerprint density at radius 2 is 2.00 bits per heavy atom. The average molecular weight is 163 g/mol. The van der Waals surface area contributed by atoms with Crippen molar-refractivity contribution in [3.8, 4) is 6.07 Å². The van der Waals surface area contributed by atoms with Crippen molar-refractivity contribution in [2.45, 2.75) is 33.1 Å². The Kier molecular flexibility index (Phi) is 1.87. The first-order valence-corrected chi connectivity index (χ1v) is 5.11. The van der Waals surface area contributed by atoms with Crippen molar-refractivity contribution >= 4 is 0 Å². The van der Waals surface area contributed by atoms with Crippen molar-refractivity contribution in [1.82, 2.24) is 0 Å². The Bertz CT molecular complexity index is 214. The molecule has 0 aromatic heterocycles. The molecule has 1 heteroatoms. The number of nitrogens with zero attached hydrogens (tertiary/aromatic N) is 1. The minimum atomic E-state index is 0.742. The number of hydrogen-bond acceptors (Lipinski definition) is 1. The molecule has 5 atom stereocenters. The Hall–Kier alpha value is -0.510. The summed E-state index contributed by atoms with van der Waals surface area (Å²) in [6, 6.07) is 2.33. The van der Waals surface area contributed by atoms with Crippen LogP contribution in [0.5, 0.6) is 0 Å². The molecule has 0 saturated heterocycles. The highest BCUT2D eigenvalue weighted by atomic mass is 14.5. The van der Waals surface area contributed by atoms with Gasteiger partial charge in [0.1, 0.15) is 0 Å². The van der Waals surface area contributed by atoms with Crippen LogP contribution in [0, 0.1) is 40.9 Å². The van der Waals surface area contributed by atoms with E-state index in [2.05, 4.69) is 19.9 Å². The molecule has 2 aliphatic carbocycles. The minimum Gasteiger partial charge on any atom is -0.198 e. The Morgan fingerprint density at radius 1 is 1.25 bits per heavy atom. The van der Waals surface area contributed by atoms with E-state index in [0.29, 0.717) is 0 Å². The van der Waals surface area contributed by atoms with Gasteiger partial charge in [-0.25, -0.2) is 0 Å². The van der Waals surface area contributed by atoms with Gasteiger partial charge in [0.2, 0.25) is 0 Å². The molecule has 0 radical (unpaired) electrons. The maximum atomic E-state index is 8.66. The van der Waals surface area contributed by atoms with Gasteiger partial charge in [-0.2, -0.15) is 5.26 Å². The monoisotopic (exact) mass is 163 g/mol. The maximum Gasteiger partial charge on any atom is 0.0624 e. The van der Waals surface area contributed by atoms with Crippen LogP contribution in [0.25, 0.3) is 0 Å². The van der Waals surface area contributed by atoms with Crippen LogP contribution in [0.4, 0.5) is 0 Å². The van der Waals surface area contributed by atoms with Gasteiger partial charge in [-0.15, -0.1) is 0 Å². The first-order valence-electron chi connectivity index (χ1n) is 5.11. The lowest BCUT2D eigenvalue weighted by Crippen LogP contribution is -2.23. The zero-order chi connectivity index (χ0) is 8.72. The second kappa shape index (κ2) is 2.76. The molecular weight excluding hydrogens is 146 g/mol. The zero-order valence-electron chi connectivity index (χ0n) is 7.96. The molecule has 0 spiro atoms. The highest BCUT2D eigenvalue weighted by molar-refractivity contribution is 4.99. The van der Waals surface area contributed by atoms with Gasteiger partial charge in [0, 0.05) is 6.42 Å². The summed E-state index contributed by atoms with van der Waals surface area (Å²) in [6.07, 6.45) is 3.55. The van der Waals surface area contributed by atoms with Gasteiger partial charge in [-0.3, -0.25) is 0 Å². The summed E-state index contributed by atoms with van der Waals surface area (Å²) in [5.74, 6) is 4.37. The van der Waals surface area contributed by atoms with Crippen molar-refractivity contribution in [2.24, 2.45) is 29.6 Å². The lowest BCUT2D eigenvalue weighted by atomic mass is 9.75. The molecule has 12 heavy (non-hydrogen) atoms. The van der Waals surface area contributed by atoms with E-state index in [9.17, 15) is 0 Å². The van der Waals surface area contributed by atoms with E-state index in [1.807, 2.05) is 0 Å². The topological polar surface area (TPSA) is 23.8 Å². The molecule has 2 aliphatic rings. The second-order valence-electron chi connectivity index (χ2n) is 4.74. The number of hydrogen-bond donors (Lipinski definition) is 0. The predicted molar refractivity (Wildman–Crippen MR) is 48.3 cm³/mol. The molecule has 0 aliphatic heterocycles. The summed E-state index contributed by atoms with van der Waals surface area (Å²) in [5, 5.41) is 8.66. The van der Waals surface area contributed by atoms with Crippen LogP contribution in [-0.2, 0) is 0 Å². The minimum absolute atomic E-state index is 0.742. The fraction of sp³-hybridized carbons (Fsp3) is 0.909. The first-order chi connectivity index (χ1) is 5.74. The lowest BCUT2D eigenvalue weighted by Gasteiger charge is -2.30. The SMILES string of the molecule is CC1C2CC(CC#N)C(C2)C1C. The average Bonchev–Trinajstić information content (AvgIpc) is 2.55. The highest BCUT2D eigenvalue weighted by Crippen LogP contribution is 2.55. The Labute approximate surface area is 74.8 Å². The van der Waals surface area contributed by atoms with Gasteiger partial charge in [0.25, 0.3) is 0 Å². The first kappa shape index (κ1) is 8.10. The van der Waals surface area contributed by atoms with Crippen LogP contribution in [0.2, 0.25) is 0 Å². The van der Waals surface area contributed by atoms with E-state index in [-0.39, 0.29) is 0 Å². The summed E-state index contributed by atoms with van der Waals surface area (Å²) in [6.45, 7) is 4.76. The van der Waals surface area contributed by atoms with Gasteiger partial charge in [-0.05, 0) is 42.4 Å². The van der Waals surface area contributed by atoms with E-state index in [4.69, 9.17) is 5.26 Å². The quantitative estimate of drug-likeness (QED) is 0.583. The van der Waals surface area contributed by atoms with Crippen molar-refractivity contribution in [3.05, 3.63) is 0 Å². The third-order valence-corrected chi connectivity index (χ3v) is 4.39. The lowest BCUT2D eigenvalue weighted by molar-refractivity contribution is 0.192. The molecule has 0 amide bonds. The third kappa shape index (κ3) is 0.975. The standard InChI is InChI=1S/C11H17N/c1-7-8(2)11-6-10(7)5-9(11)3-4-12/h7-11H,3,5-6H2,1-2H3. The van der Waals surface area contributed by atoms with Crippen LogP contribution >= 0.6 is 0 Å². The van der Waals surface area contributed by atoms with E-state index in [1.165, 1.54) is 12.8 Å². The van der Waals surface area contributed by atoms with Gasteiger partial charge < -0.3 is 0 Å². The molecule has 0 aromatic carbocycles. The molecule has 2 saturated carbocycles. The molecule has 2 bridgehead atoms. The zero-order valence-corrected chi connectivity index (χ0v) is 7.96. The summed E-state index contributed by atoms with van der Waals surface area (Å²) >= 11 is 0. The van der Waals surface area contributed by atoms with E-state index in [1.54, 1.807) is 0 Å². The fourth-order valence-corrected chi connectivity index (χ4v) is 3.45. The van der Waals surface area contributed by atoms with Crippen molar-refractivity contribution in [2.75, 3.05) is 0 Å². The molecule has 66 valence electrons. The maximum absolute atomic E-state index is 8.66. The van der Waals surface area contributed by atoms with Gasteiger partial charge >= 0.3 is 0 Å². The van der Waals surface area contributed by atoms with Crippen molar-refractivity contribution < 1.29 is 0 Å².